The molecule has 0 fully saturated rings. The van der Waals surface area contributed by atoms with Gasteiger partial charge in [0.2, 0.25) is 5.91 Å². The first-order valence-electron chi connectivity index (χ1n) is 8.05. The third-order valence-corrected chi connectivity index (χ3v) is 4.05. The van der Waals surface area contributed by atoms with Gasteiger partial charge in [0.05, 0.1) is 14.2 Å². The van der Waals surface area contributed by atoms with Crippen molar-refractivity contribution in [3.8, 4) is 11.5 Å². The van der Waals surface area contributed by atoms with E-state index in [9.17, 15) is 4.79 Å². The number of hydrogen-bond acceptors (Lipinski definition) is 3. The molecule has 4 nitrogen and oxygen atoms in total. The van der Waals surface area contributed by atoms with Gasteiger partial charge in [-0.2, -0.15) is 0 Å². The highest BCUT2D eigenvalue weighted by Crippen LogP contribution is 2.27. The van der Waals surface area contributed by atoms with E-state index in [1.165, 1.54) is 6.08 Å². The van der Waals surface area contributed by atoms with Gasteiger partial charge in [0, 0.05) is 17.6 Å². The number of halogens is 1. The average molecular weight is 360 g/mol. The fraction of sp³-hybridized carbons (Fsp3) is 0.250. The Morgan fingerprint density at radius 3 is 2.60 bits per heavy atom. The minimum atomic E-state index is -0.132. The van der Waals surface area contributed by atoms with Crippen molar-refractivity contribution in [1.29, 1.82) is 0 Å². The Morgan fingerprint density at radius 2 is 1.88 bits per heavy atom. The second-order valence-corrected chi connectivity index (χ2v) is 5.85. The second kappa shape index (κ2) is 9.74. The monoisotopic (exact) mass is 359 g/mol. The number of amides is 1. The maximum absolute atomic E-state index is 11.8. The van der Waals surface area contributed by atoms with E-state index < -0.39 is 0 Å². The number of nitrogens with one attached hydrogen (secondary N) is 1. The first-order valence-corrected chi connectivity index (χ1v) is 8.43. The van der Waals surface area contributed by atoms with Gasteiger partial charge < -0.3 is 14.8 Å². The van der Waals surface area contributed by atoms with Crippen LogP contribution in [0.4, 0.5) is 0 Å². The quantitative estimate of drug-likeness (QED) is 0.569. The van der Waals surface area contributed by atoms with Crippen LogP contribution in [-0.2, 0) is 11.2 Å². The van der Waals surface area contributed by atoms with Gasteiger partial charge in [0.15, 0.2) is 11.5 Å². The van der Waals surface area contributed by atoms with Crippen molar-refractivity contribution >= 4 is 23.6 Å². The Morgan fingerprint density at radius 1 is 1.12 bits per heavy atom. The lowest BCUT2D eigenvalue weighted by molar-refractivity contribution is -0.116. The SMILES string of the molecule is COc1ccc(CCCNC(=O)/C=C/c2ccccc2Cl)cc1OC. The van der Waals surface area contributed by atoms with Crippen LogP contribution in [0, 0.1) is 0 Å². The van der Waals surface area contributed by atoms with Crippen LogP contribution in [0.3, 0.4) is 0 Å². The van der Waals surface area contributed by atoms with Crippen LogP contribution < -0.4 is 14.8 Å². The van der Waals surface area contributed by atoms with Crippen LogP contribution in [0.25, 0.3) is 6.08 Å². The van der Waals surface area contributed by atoms with Crippen LogP contribution >= 0.6 is 11.6 Å². The molecule has 132 valence electrons. The molecule has 0 aliphatic carbocycles. The van der Waals surface area contributed by atoms with E-state index in [4.69, 9.17) is 21.1 Å². The van der Waals surface area contributed by atoms with Gasteiger partial charge in [-0.05, 0) is 48.2 Å². The van der Waals surface area contributed by atoms with E-state index in [1.807, 2.05) is 36.4 Å². The molecule has 0 aliphatic heterocycles. The molecule has 2 aromatic carbocycles. The van der Waals surface area contributed by atoms with Crippen LogP contribution in [0.2, 0.25) is 5.02 Å². The minimum absolute atomic E-state index is 0.132. The summed E-state index contributed by atoms with van der Waals surface area (Å²) in [4.78, 5) is 11.8. The smallest absolute Gasteiger partial charge is 0.244 e. The summed E-state index contributed by atoms with van der Waals surface area (Å²) in [6, 6.07) is 13.2. The molecule has 1 N–H and O–H groups in total. The van der Waals surface area contributed by atoms with Crippen molar-refractivity contribution < 1.29 is 14.3 Å². The van der Waals surface area contributed by atoms with Gasteiger partial charge in [0.1, 0.15) is 0 Å². The zero-order chi connectivity index (χ0) is 18.1. The van der Waals surface area contributed by atoms with Gasteiger partial charge in [-0.1, -0.05) is 35.9 Å². The van der Waals surface area contributed by atoms with Crippen LogP contribution in [-0.4, -0.2) is 26.7 Å². The van der Waals surface area contributed by atoms with E-state index >= 15 is 0 Å². The first-order chi connectivity index (χ1) is 12.1. The standard InChI is InChI=1S/C20H22ClNO3/c1-24-18-11-9-15(14-19(18)25-2)6-5-13-22-20(23)12-10-16-7-3-4-8-17(16)21/h3-4,7-12,14H,5-6,13H2,1-2H3,(H,22,23)/b12-10+. The van der Waals surface area contributed by atoms with E-state index in [0.717, 1.165) is 24.0 Å². The highest BCUT2D eigenvalue weighted by atomic mass is 35.5. The van der Waals surface area contributed by atoms with Crippen molar-refractivity contribution in [3.05, 3.63) is 64.7 Å². The maximum Gasteiger partial charge on any atom is 0.244 e. The second-order valence-electron chi connectivity index (χ2n) is 5.44. The number of hydrogen-bond donors (Lipinski definition) is 1. The average Bonchev–Trinajstić information content (AvgIpc) is 2.64. The summed E-state index contributed by atoms with van der Waals surface area (Å²) in [5, 5.41) is 3.49. The number of carbonyl (C=O) groups excluding carboxylic acids is 1. The lowest BCUT2D eigenvalue weighted by Gasteiger charge is -2.09. The summed E-state index contributed by atoms with van der Waals surface area (Å²) in [5.74, 6) is 1.29. The molecule has 2 aromatic rings. The van der Waals surface area contributed by atoms with Crippen molar-refractivity contribution in [2.24, 2.45) is 0 Å². The Kier molecular flexibility index (Phi) is 7.36. The number of methoxy groups -OCH3 is 2. The molecular weight excluding hydrogens is 338 g/mol. The summed E-state index contributed by atoms with van der Waals surface area (Å²) in [6.07, 6.45) is 4.89. The molecule has 0 bridgehead atoms. The fourth-order valence-electron chi connectivity index (χ4n) is 2.37. The molecule has 25 heavy (non-hydrogen) atoms. The molecule has 0 saturated heterocycles. The van der Waals surface area contributed by atoms with Crippen molar-refractivity contribution in [2.45, 2.75) is 12.8 Å². The predicted octanol–water partition coefficient (Wildman–Crippen LogP) is 4.12. The first kappa shape index (κ1) is 18.9. The van der Waals surface area contributed by atoms with Gasteiger partial charge in [0.25, 0.3) is 0 Å². The third kappa shape index (κ3) is 5.84. The van der Waals surface area contributed by atoms with Gasteiger partial charge in [-0.25, -0.2) is 0 Å². The zero-order valence-corrected chi connectivity index (χ0v) is 15.2. The van der Waals surface area contributed by atoms with Crippen molar-refractivity contribution in [2.75, 3.05) is 20.8 Å². The van der Waals surface area contributed by atoms with Gasteiger partial charge in [-0.15, -0.1) is 0 Å². The summed E-state index contributed by atoms with van der Waals surface area (Å²) in [7, 11) is 3.23. The molecule has 0 saturated carbocycles. The molecule has 0 spiro atoms. The molecular formula is C20H22ClNO3. The highest BCUT2D eigenvalue weighted by molar-refractivity contribution is 6.32. The summed E-state index contributed by atoms with van der Waals surface area (Å²) < 4.78 is 10.5. The summed E-state index contributed by atoms with van der Waals surface area (Å²) in [5.41, 5.74) is 1.96. The normalized spacial score (nSPS) is 10.7. The number of benzene rings is 2. The number of aryl methyl sites for hydroxylation is 1. The maximum atomic E-state index is 11.8. The van der Waals surface area contributed by atoms with Gasteiger partial charge >= 0.3 is 0 Å². The molecule has 5 heteroatoms. The van der Waals surface area contributed by atoms with E-state index in [2.05, 4.69) is 5.32 Å². The Bertz CT molecular complexity index is 743. The molecule has 1 amide bonds. The number of ether oxygens (including phenoxy) is 2. The molecule has 0 aromatic heterocycles. The molecule has 0 atom stereocenters. The topological polar surface area (TPSA) is 47.6 Å². The molecule has 0 aliphatic rings. The van der Waals surface area contributed by atoms with Crippen molar-refractivity contribution in [1.82, 2.24) is 5.32 Å². The van der Waals surface area contributed by atoms with Crippen molar-refractivity contribution in [3.63, 3.8) is 0 Å². The largest absolute Gasteiger partial charge is 0.493 e. The van der Waals surface area contributed by atoms with Crippen LogP contribution in [0.5, 0.6) is 11.5 Å². The Labute approximate surface area is 153 Å². The molecule has 0 unspecified atom stereocenters. The zero-order valence-electron chi connectivity index (χ0n) is 14.4. The molecule has 0 radical (unpaired) electrons. The van der Waals surface area contributed by atoms with Crippen LogP contribution in [0.1, 0.15) is 17.5 Å². The van der Waals surface area contributed by atoms with Crippen LogP contribution in [0.15, 0.2) is 48.5 Å². The summed E-state index contributed by atoms with van der Waals surface area (Å²) >= 11 is 6.05. The molecule has 2 rings (SSSR count). The van der Waals surface area contributed by atoms with E-state index in [-0.39, 0.29) is 5.91 Å². The Balaban J connectivity index is 1.77. The highest BCUT2D eigenvalue weighted by Gasteiger charge is 2.04. The molecule has 0 heterocycles. The van der Waals surface area contributed by atoms with E-state index in [0.29, 0.717) is 23.1 Å². The van der Waals surface area contributed by atoms with Gasteiger partial charge in [-0.3, -0.25) is 4.79 Å². The fourth-order valence-corrected chi connectivity index (χ4v) is 2.57. The van der Waals surface area contributed by atoms with E-state index in [1.54, 1.807) is 26.4 Å². The number of rotatable bonds is 8. The Hall–Kier alpha value is -2.46. The summed E-state index contributed by atoms with van der Waals surface area (Å²) in [6.45, 7) is 0.597. The minimum Gasteiger partial charge on any atom is -0.493 e. The number of carbonyl (C=O) groups is 1. The lowest BCUT2D eigenvalue weighted by atomic mass is 10.1. The predicted molar refractivity (Wildman–Crippen MR) is 101 cm³/mol. The lowest BCUT2D eigenvalue weighted by Crippen LogP contribution is -2.22. The third-order valence-electron chi connectivity index (χ3n) is 3.71.